The quantitative estimate of drug-likeness (QED) is 0.175. The Labute approximate surface area is 302 Å². The topological polar surface area (TPSA) is 19.6 Å². The van der Waals surface area contributed by atoms with Crippen molar-refractivity contribution in [3.63, 3.8) is 0 Å². The fourth-order valence-corrected chi connectivity index (χ4v) is 8.53. The summed E-state index contributed by atoms with van der Waals surface area (Å²) in [5.74, 6) is 0. The minimum atomic E-state index is 0.0997. The van der Waals surface area contributed by atoms with E-state index >= 15 is 0 Å². The van der Waals surface area contributed by atoms with Gasteiger partial charge in [0.25, 0.3) is 6.71 Å². The fraction of sp³-hybridized carbons (Fsp3) is 0. The van der Waals surface area contributed by atoms with Crippen LogP contribution in [0.25, 0.3) is 44.2 Å². The third kappa shape index (κ3) is 4.34. The van der Waals surface area contributed by atoms with E-state index in [9.17, 15) is 0 Å². The van der Waals surface area contributed by atoms with Crippen molar-refractivity contribution in [3.8, 4) is 22.3 Å². The maximum atomic E-state index is 6.09. The molecule has 1 aromatic heterocycles. The summed E-state index contributed by atoms with van der Waals surface area (Å²) in [6, 6.07) is 68.1. The Morgan fingerprint density at radius 1 is 0.346 bits per heavy atom. The first-order valence-electron chi connectivity index (χ1n) is 17.9. The Bertz CT molecular complexity index is 2810. The maximum Gasteiger partial charge on any atom is 0.252 e. The molecule has 11 rings (SSSR count). The van der Waals surface area contributed by atoms with Gasteiger partial charge in [-0.25, -0.2) is 0 Å². The molecule has 4 heteroatoms. The summed E-state index contributed by atoms with van der Waals surface area (Å²) in [4.78, 5) is 4.89. The summed E-state index contributed by atoms with van der Waals surface area (Å²) >= 11 is 0. The molecule has 0 unspecified atom stereocenters. The zero-order chi connectivity index (χ0) is 34.2. The van der Waals surface area contributed by atoms with E-state index in [4.69, 9.17) is 4.42 Å². The molecule has 2 aliphatic rings. The summed E-state index contributed by atoms with van der Waals surface area (Å²) in [6.45, 7) is 0.0997. The standard InChI is InChI=1S/C48H31BN2O/c1-3-12-36(13-4-1)50-42-18-9-8-17-40(42)49-41-28-26-35(31-45(41)51(37-14-5-2-6-15-37)44-20-11-19-43(50)48(44)49)33-24-22-32(23-25-33)34-27-29-47-39(30-34)38-16-7-10-21-46(38)52-47/h1-31H. The molecular formula is C48H31BN2O. The van der Waals surface area contributed by atoms with E-state index in [1.807, 2.05) is 12.1 Å². The Balaban J connectivity index is 1.05. The smallest absolute Gasteiger partial charge is 0.252 e. The lowest BCUT2D eigenvalue weighted by molar-refractivity contribution is 0.669. The molecule has 2 aliphatic heterocycles. The second kappa shape index (κ2) is 11.4. The molecule has 0 atom stereocenters. The molecule has 3 nitrogen and oxygen atoms in total. The van der Waals surface area contributed by atoms with Crippen LogP contribution in [0.15, 0.2) is 192 Å². The number of rotatable bonds is 4. The van der Waals surface area contributed by atoms with Gasteiger partial charge in [-0.3, -0.25) is 0 Å². The number of hydrogen-bond acceptors (Lipinski definition) is 3. The number of nitrogens with zero attached hydrogens (tertiary/aromatic N) is 2. The summed E-state index contributed by atoms with van der Waals surface area (Å²) < 4.78 is 6.09. The van der Waals surface area contributed by atoms with E-state index in [0.717, 1.165) is 33.3 Å². The van der Waals surface area contributed by atoms with Crippen LogP contribution in [0.1, 0.15) is 0 Å². The first-order chi connectivity index (χ1) is 25.8. The zero-order valence-corrected chi connectivity index (χ0v) is 28.3. The third-order valence-electron chi connectivity index (χ3n) is 10.9. The van der Waals surface area contributed by atoms with Crippen molar-refractivity contribution >= 4 is 79.2 Å². The van der Waals surface area contributed by atoms with E-state index in [1.54, 1.807) is 0 Å². The number of hydrogen-bond donors (Lipinski definition) is 0. The summed E-state index contributed by atoms with van der Waals surface area (Å²) in [5, 5.41) is 2.29. The van der Waals surface area contributed by atoms with Gasteiger partial charge < -0.3 is 14.2 Å². The largest absolute Gasteiger partial charge is 0.456 e. The molecule has 0 amide bonds. The van der Waals surface area contributed by atoms with Gasteiger partial charge in [0.1, 0.15) is 11.2 Å². The lowest BCUT2D eigenvalue weighted by atomic mass is 9.33. The Hall–Kier alpha value is -6.78. The summed E-state index contributed by atoms with van der Waals surface area (Å²) in [6.07, 6.45) is 0. The first-order valence-corrected chi connectivity index (χ1v) is 17.9. The number of benzene rings is 8. The Morgan fingerprint density at radius 2 is 0.865 bits per heavy atom. The zero-order valence-electron chi connectivity index (χ0n) is 28.3. The van der Waals surface area contributed by atoms with Crippen molar-refractivity contribution in [1.29, 1.82) is 0 Å². The summed E-state index contributed by atoms with van der Waals surface area (Å²) in [7, 11) is 0. The average Bonchev–Trinajstić information content (AvgIpc) is 3.59. The average molecular weight is 663 g/mol. The van der Waals surface area contributed by atoms with E-state index in [1.165, 1.54) is 61.4 Å². The van der Waals surface area contributed by atoms with Crippen LogP contribution in [0.3, 0.4) is 0 Å². The van der Waals surface area contributed by atoms with Gasteiger partial charge in [0.05, 0.1) is 0 Å². The molecule has 0 N–H and O–H groups in total. The highest BCUT2D eigenvalue weighted by Crippen LogP contribution is 2.44. The van der Waals surface area contributed by atoms with Gasteiger partial charge in [-0.2, -0.15) is 0 Å². The molecule has 0 spiro atoms. The predicted octanol–water partition coefficient (Wildman–Crippen LogP) is 11.0. The fourth-order valence-electron chi connectivity index (χ4n) is 8.53. The molecule has 52 heavy (non-hydrogen) atoms. The van der Waals surface area contributed by atoms with Gasteiger partial charge in [-0.1, -0.05) is 121 Å². The van der Waals surface area contributed by atoms with Crippen molar-refractivity contribution in [2.75, 3.05) is 9.80 Å². The highest BCUT2D eigenvalue weighted by Gasteiger charge is 2.42. The number of furan rings is 1. The molecule has 9 aromatic rings. The van der Waals surface area contributed by atoms with Gasteiger partial charge in [-0.15, -0.1) is 0 Å². The molecule has 242 valence electrons. The lowest BCUT2D eigenvalue weighted by Crippen LogP contribution is -2.61. The molecule has 0 radical (unpaired) electrons. The number of anilines is 6. The van der Waals surface area contributed by atoms with E-state index < -0.39 is 0 Å². The van der Waals surface area contributed by atoms with Crippen LogP contribution in [-0.2, 0) is 0 Å². The van der Waals surface area contributed by atoms with Crippen molar-refractivity contribution in [1.82, 2.24) is 0 Å². The van der Waals surface area contributed by atoms with Crippen LogP contribution >= 0.6 is 0 Å². The molecule has 0 fully saturated rings. The van der Waals surface area contributed by atoms with Crippen molar-refractivity contribution in [2.24, 2.45) is 0 Å². The summed E-state index contributed by atoms with van der Waals surface area (Å²) in [5.41, 5.74) is 17.7. The van der Waals surface area contributed by atoms with E-state index in [2.05, 4.69) is 186 Å². The second-order valence-electron chi connectivity index (χ2n) is 13.7. The Kier molecular flexibility index (Phi) is 6.35. The number of para-hydroxylation sites is 4. The van der Waals surface area contributed by atoms with Crippen LogP contribution in [0.4, 0.5) is 34.1 Å². The molecule has 0 bridgehead atoms. The lowest BCUT2D eigenvalue weighted by Gasteiger charge is -2.44. The third-order valence-corrected chi connectivity index (χ3v) is 10.9. The SMILES string of the molecule is c1ccc(N2c3ccccc3B3c4ccc(-c5ccc(-c6ccc7oc8ccccc8c7c6)cc5)cc4N(c4ccccc4)c4cccc2c43)cc1. The predicted molar refractivity (Wildman–Crippen MR) is 219 cm³/mol. The van der Waals surface area contributed by atoms with Gasteiger partial charge >= 0.3 is 0 Å². The highest BCUT2D eigenvalue weighted by molar-refractivity contribution is 7.00. The minimum absolute atomic E-state index is 0.0997. The molecule has 0 aliphatic carbocycles. The van der Waals surface area contributed by atoms with Crippen LogP contribution in [0.5, 0.6) is 0 Å². The van der Waals surface area contributed by atoms with Crippen LogP contribution in [-0.4, -0.2) is 6.71 Å². The van der Waals surface area contributed by atoms with Gasteiger partial charge in [0.15, 0.2) is 0 Å². The number of fused-ring (bicyclic) bond motifs is 7. The van der Waals surface area contributed by atoms with Crippen molar-refractivity contribution < 1.29 is 4.42 Å². The second-order valence-corrected chi connectivity index (χ2v) is 13.7. The molecule has 3 heterocycles. The van der Waals surface area contributed by atoms with Crippen molar-refractivity contribution in [2.45, 2.75) is 0 Å². The monoisotopic (exact) mass is 662 g/mol. The van der Waals surface area contributed by atoms with Gasteiger partial charge in [-0.05, 0) is 105 Å². The van der Waals surface area contributed by atoms with E-state index in [0.29, 0.717) is 0 Å². The molecule has 0 saturated heterocycles. The van der Waals surface area contributed by atoms with Crippen LogP contribution < -0.4 is 26.2 Å². The highest BCUT2D eigenvalue weighted by atomic mass is 16.3. The van der Waals surface area contributed by atoms with Gasteiger partial charge in [0.2, 0.25) is 0 Å². The van der Waals surface area contributed by atoms with Gasteiger partial charge in [0, 0.05) is 44.9 Å². The van der Waals surface area contributed by atoms with Crippen LogP contribution in [0.2, 0.25) is 0 Å². The molecular weight excluding hydrogens is 631 g/mol. The maximum absolute atomic E-state index is 6.09. The molecule has 0 saturated carbocycles. The minimum Gasteiger partial charge on any atom is -0.456 e. The molecule has 8 aromatic carbocycles. The van der Waals surface area contributed by atoms with Crippen molar-refractivity contribution in [3.05, 3.63) is 188 Å². The normalized spacial score (nSPS) is 12.9. The van der Waals surface area contributed by atoms with Crippen LogP contribution in [0, 0.1) is 0 Å². The van der Waals surface area contributed by atoms with E-state index in [-0.39, 0.29) is 6.71 Å². The Morgan fingerprint density at radius 3 is 1.60 bits per heavy atom. The first kappa shape index (κ1) is 29.0.